The summed E-state index contributed by atoms with van der Waals surface area (Å²) in [7, 11) is 1.74. The van der Waals surface area contributed by atoms with E-state index in [4.69, 9.17) is 4.74 Å². The maximum Gasteiger partial charge on any atom is 0.0713 e. The second-order valence-corrected chi connectivity index (χ2v) is 4.92. The summed E-state index contributed by atoms with van der Waals surface area (Å²) in [5, 5.41) is 3.54. The molecule has 0 saturated carbocycles. The topological polar surface area (TPSA) is 24.5 Å². The molecular formula is C15H24N2O. The molecule has 0 spiro atoms. The van der Waals surface area contributed by atoms with Crippen LogP contribution in [0.1, 0.15) is 25.3 Å². The minimum atomic E-state index is 0.697. The summed E-state index contributed by atoms with van der Waals surface area (Å²) in [4.78, 5) is 2.48. The van der Waals surface area contributed by atoms with Gasteiger partial charge in [0.25, 0.3) is 0 Å². The molecule has 0 bridgehead atoms. The third-order valence-corrected chi connectivity index (χ3v) is 3.60. The predicted molar refractivity (Wildman–Crippen MR) is 76.1 cm³/mol. The number of anilines is 1. The zero-order valence-electron chi connectivity index (χ0n) is 11.5. The third kappa shape index (κ3) is 3.47. The third-order valence-electron chi connectivity index (χ3n) is 3.60. The fourth-order valence-corrected chi connectivity index (χ4v) is 2.60. The van der Waals surface area contributed by atoms with Crippen molar-refractivity contribution in [2.45, 2.75) is 32.4 Å². The first-order valence-corrected chi connectivity index (χ1v) is 6.89. The second kappa shape index (κ2) is 6.76. The van der Waals surface area contributed by atoms with E-state index in [1.165, 1.54) is 24.1 Å². The lowest BCUT2D eigenvalue weighted by molar-refractivity contribution is 0.185. The lowest BCUT2D eigenvalue weighted by atomic mass is 10.0. The molecule has 1 N–H and O–H groups in total. The molecule has 100 valence electrons. The predicted octanol–water partition coefficient (Wildman–Crippen LogP) is 2.41. The molecule has 1 fully saturated rings. The molecule has 1 saturated heterocycles. The van der Waals surface area contributed by atoms with Crippen molar-refractivity contribution < 1.29 is 4.74 Å². The summed E-state index contributed by atoms with van der Waals surface area (Å²) < 4.78 is 5.13. The normalized spacial score (nSPS) is 17.1. The van der Waals surface area contributed by atoms with Crippen LogP contribution in [0.2, 0.25) is 0 Å². The zero-order chi connectivity index (χ0) is 12.8. The van der Waals surface area contributed by atoms with Crippen LogP contribution in [-0.4, -0.2) is 32.8 Å². The van der Waals surface area contributed by atoms with Gasteiger partial charge in [-0.2, -0.15) is 0 Å². The van der Waals surface area contributed by atoms with Crippen LogP contribution in [0.4, 0.5) is 5.69 Å². The fourth-order valence-electron chi connectivity index (χ4n) is 2.60. The quantitative estimate of drug-likeness (QED) is 0.866. The lowest BCUT2D eigenvalue weighted by Crippen LogP contribution is -2.42. The van der Waals surface area contributed by atoms with Gasteiger partial charge in [0.15, 0.2) is 0 Å². The molecule has 1 aromatic carbocycles. The highest BCUT2D eigenvalue weighted by molar-refractivity contribution is 5.48. The summed E-state index contributed by atoms with van der Waals surface area (Å²) in [6.45, 7) is 6.27. The monoisotopic (exact) mass is 248 g/mol. The van der Waals surface area contributed by atoms with Gasteiger partial charge in [-0.05, 0) is 37.1 Å². The lowest BCUT2D eigenvalue weighted by Gasteiger charge is -2.34. The van der Waals surface area contributed by atoms with Crippen LogP contribution >= 0.6 is 0 Å². The Labute approximate surface area is 110 Å². The molecule has 2 rings (SSSR count). The molecule has 0 atom stereocenters. The molecule has 1 heterocycles. The highest BCUT2D eigenvalue weighted by Crippen LogP contribution is 2.20. The summed E-state index contributed by atoms with van der Waals surface area (Å²) in [6, 6.07) is 9.45. The van der Waals surface area contributed by atoms with E-state index in [9.17, 15) is 0 Å². The second-order valence-electron chi connectivity index (χ2n) is 4.92. The van der Waals surface area contributed by atoms with Crippen molar-refractivity contribution in [1.29, 1.82) is 0 Å². The van der Waals surface area contributed by atoms with Crippen LogP contribution in [-0.2, 0) is 11.3 Å². The molecule has 1 aliphatic heterocycles. The minimum absolute atomic E-state index is 0.697. The van der Waals surface area contributed by atoms with Gasteiger partial charge in [0, 0.05) is 31.9 Å². The zero-order valence-corrected chi connectivity index (χ0v) is 11.5. The average molecular weight is 248 g/mol. The van der Waals surface area contributed by atoms with E-state index in [-0.39, 0.29) is 0 Å². The molecule has 1 aromatic rings. The molecule has 0 amide bonds. The van der Waals surface area contributed by atoms with Gasteiger partial charge in [0.1, 0.15) is 0 Å². The number of ether oxygens (including phenoxy) is 1. The van der Waals surface area contributed by atoms with E-state index in [2.05, 4.69) is 41.4 Å². The van der Waals surface area contributed by atoms with Gasteiger partial charge in [0.05, 0.1) is 6.61 Å². The standard InChI is InChI=1S/C15H24N2O/c1-3-16-14-8-10-17(11-9-14)15-6-4-13(5-7-15)12-18-2/h4-7,14,16H,3,8-12H2,1-2H3. The Hall–Kier alpha value is -1.06. The first-order chi connectivity index (χ1) is 8.83. The Morgan fingerprint density at radius 3 is 2.44 bits per heavy atom. The van der Waals surface area contributed by atoms with Crippen LogP contribution in [0, 0.1) is 0 Å². The Balaban J connectivity index is 1.89. The number of hydrogen-bond acceptors (Lipinski definition) is 3. The number of nitrogens with one attached hydrogen (secondary N) is 1. The molecular weight excluding hydrogens is 224 g/mol. The summed E-state index contributed by atoms with van der Waals surface area (Å²) in [5.41, 5.74) is 2.58. The highest BCUT2D eigenvalue weighted by atomic mass is 16.5. The Morgan fingerprint density at radius 2 is 1.89 bits per heavy atom. The summed E-state index contributed by atoms with van der Waals surface area (Å²) >= 11 is 0. The Morgan fingerprint density at radius 1 is 1.22 bits per heavy atom. The van der Waals surface area contributed by atoms with Gasteiger partial charge < -0.3 is 15.0 Å². The molecule has 3 nitrogen and oxygen atoms in total. The Kier molecular flexibility index (Phi) is 5.02. The van der Waals surface area contributed by atoms with Crippen molar-refractivity contribution in [3.63, 3.8) is 0 Å². The minimum Gasteiger partial charge on any atom is -0.380 e. The van der Waals surface area contributed by atoms with Gasteiger partial charge in [-0.1, -0.05) is 19.1 Å². The van der Waals surface area contributed by atoms with Gasteiger partial charge in [-0.15, -0.1) is 0 Å². The molecule has 0 aromatic heterocycles. The molecule has 3 heteroatoms. The molecule has 0 aliphatic carbocycles. The van der Waals surface area contributed by atoms with Crippen molar-refractivity contribution in [3.8, 4) is 0 Å². The smallest absolute Gasteiger partial charge is 0.0713 e. The van der Waals surface area contributed by atoms with Gasteiger partial charge in [-0.25, -0.2) is 0 Å². The maximum atomic E-state index is 5.13. The van der Waals surface area contributed by atoms with E-state index < -0.39 is 0 Å². The fraction of sp³-hybridized carbons (Fsp3) is 0.600. The van der Waals surface area contributed by atoms with Gasteiger partial charge in [-0.3, -0.25) is 0 Å². The number of rotatable bonds is 5. The maximum absolute atomic E-state index is 5.13. The highest BCUT2D eigenvalue weighted by Gasteiger charge is 2.18. The largest absolute Gasteiger partial charge is 0.380 e. The molecule has 1 aliphatic rings. The average Bonchev–Trinajstić information content (AvgIpc) is 2.41. The first kappa shape index (κ1) is 13.4. The Bertz CT molecular complexity index is 342. The number of piperidine rings is 1. The summed E-state index contributed by atoms with van der Waals surface area (Å²) in [6.07, 6.45) is 2.49. The van der Waals surface area contributed by atoms with Crippen LogP contribution in [0.3, 0.4) is 0 Å². The van der Waals surface area contributed by atoms with Crippen LogP contribution in [0.5, 0.6) is 0 Å². The van der Waals surface area contributed by atoms with E-state index in [0.29, 0.717) is 12.6 Å². The van der Waals surface area contributed by atoms with Gasteiger partial charge >= 0.3 is 0 Å². The van der Waals surface area contributed by atoms with E-state index in [1.54, 1.807) is 7.11 Å². The van der Waals surface area contributed by atoms with Crippen molar-refractivity contribution in [1.82, 2.24) is 5.32 Å². The van der Waals surface area contributed by atoms with Crippen LogP contribution in [0.15, 0.2) is 24.3 Å². The van der Waals surface area contributed by atoms with Crippen LogP contribution < -0.4 is 10.2 Å². The van der Waals surface area contributed by atoms with Crippen molar-refractivity contribution in [2.75, 3.05) is 31.6 Å². The van der Waals surface area contributed by atoms with Crippen LogP contribution in [0.25, 0.3) is 0 Å². The SMILES string of the molecule is CCNC1CCN(c2ccc(COC)cc2)CC1. The number of methoxy groups -OCH3 is 1. The number of benzene rings is 1. The van der Waals surface area contributed by atoms with Crippen molar-refractivity contribution in [3.05, 3.63) is 29.8 Å². The summed E-state index contributed by atoms with van der Waals surface area (Å²) in [5.74, 6) is 0. The molecule has 0 unspecified atom stereocenters. The van der Waals surface area contributed by atoms with Gasteiger partial charge in [0.2, 0.25) is 0 Å². The van der Waals surface area contributed by atoms with E-state index >= 15 is 0 Å². The van der Waals surface area contributed by atoms with E-state index in [0.717, 1.165) is 19.6 Å². The van der Waals surface area contributed by atoms with Crippen molar-refractivity contribution >= 4 is 5.69 Å². The van der Waals surface area contributed by atoms with E-state index in [1.807, 2.05) is 0 Å². The molecule has 0 radical (unpaired) electrons. The van der Waals surface area contributed by atoms with Crippen molar-refractivity contribution in [2.24, 2.45) is 0 Å². The number of hydrogen-bond donors (Lipinski definition) is 1. The molecule has 18 heavy (non-hydrogen) atoms. The number of nitrogens with zero attached hydrogens (tertiary/aromatic N) is 1. The first-order valence-electron chi connectivity index (χ1n) is 6.89.